The number of fused-ring (bicyclic) bond motifs is 2. The smallest absolute Gasteiger partial charge is 0.327 e. The lowest BCUT2D eigenvalue weighted by Crippen LogP contribution is -2.71. The van der Waals surface area contributed by atoms with Crippen LogP contribution in [0.2, 0.25) is 0 Å². The molecule has 2 saturated heterocycles. The lowest BCUT2D eigenvalue weighted by Gasteiger charge is -2.50. The van der Waals surface area contributed by atoms with E-state index in [2.05, 4.69) is 15.6 Å². The topological polar surface area (TPSA) is 50.4 Å². The van der Waals surface area contributed by atoms with Gasteiger partial charge in [-0.1, -0.05) is 0 Å². The predicted octanol–water partition coefficient (Wildman–Crippen LogP) is -0.584. The Morgan fingerprint density at radius 2 is 2.36 bits per heavy atom. The molecule has 1 saturated carbocycles. The van der Waals surface area contributed by atoms with Crippen LogP contribution in [0, 0.1) is 5.92 Å². The van der Waals surface area contributed by atoms with Gasteiger partial charge >= 0.3 is 5.97 Å². The Morgan fingerprint density at radius 3 is 2.82 bits per heavy atom. The zero-order valence-corrected chi connectivity index (χ0v) is 6.52. The minimum absolute atomic E-state index is 0.138. The normalized spacial score (nSPS) is 41.0. The van der Waals surface area contributed by atoms with Gasteiger partial charge in [-0.15, -0.1) is 0 Å². The second-order valence-corrected chi connectivity index (χ2v) is 3.35. The molecule has 4 nitrogen and oxygen atoms in total. The zero-order chi connectivity index (χ0) is 7.90. The highest BCUT2D eigenvalue weighted by Gasteiger charge is 2.53. The first-order valence-corrected chi connectivity index (χ1v) is 3.85. The van der Waals surface area contributed by atoms with Crippen molar-refractivity contribution in [2.45, 2.75) is 18.4 Å². The van der Waals surface area contributed by atoms with Crippen molar-refractivity contribution in [1.29, 1.82) is 0 Å². The van der Waals surface area contributed by atoms with E-state index in [0.717, 1.165) is 19.4 Å². The van der Waals surface area contributed by atoms with Crippen molar-refractivity contribution in [1.82, 2.24) is 10.9 Å². The Bertz CT molecular complexity index is 181. The van der Waals surface area contributed by atoms with Gasteiger partial charge < -0.3 is 4.74 Å². The second kappa shape index (κ2) is 2.19. The number of ether oxygens (including phenoxy) is 1. The molecule has 62 valence electrons. The molecular formula is C7H12N2O2. The van der Waals surface area contributed by atoms with Gasteiger partial charge in [0.25, 0.3) is 0 Å². The van der Waals surface area contributed by atoms with Gasteiger partial charge in [-0.2, -0.15) is 0 Å². The number of carbonyl (C=O) groups excluding carboxylic acids is 1. The lowest BCUT2D eigenvalue weighted by molar-refractivity contribution is -0.159. The number of carbonyl (C=O) groups is 1. The molecule has 0 aromatic carbocycles. The maximum Gasteiger partial charge on any atom is 0.327 e. The zero-order valence-electron chi connectivity index (χ0n) is 6.52. The van der Waals surface area contributed by atoms with Crippen LogP contribution in [-0.4, -0.2) is 25.2 Å². The van der Waals surface area contributed by atoms with E-state index in [1.807, 2.05) is 0 Å². The van der Waals surface area contributed by atoms with Gasteiger partial charge in [0.1, 0.15) is 5.54 Å². The molecule has 1 aliphatic carbocycles. The molecule has 3 aliphatic rings. The van der Waals surface area contributed by atoms with E-state index in [-0.39, 0.29) is 5.97 Å². The molecule has 2 aliphatic heterocycles. The van der Waals surface area contributed by atoms with Crippen LogP contribution < -0.4 is 10.9 Å². The molecule has 2 N–H and O–H groups in total. The number of rotatable bonds is 1. The average Bonchev–Trinajstić information content (AvgIpc) is 2.02. The molecule has 0 aromatic rings. The van der Waals surface area contributed by atoms with Gasteiger partial charge in [-0.3, -0.25) is 10.2 Å². The average molecular weight is 156 g/mol. The quantitative estimate of drug-likeness (QED) is 0.498. The fourth-order valence-corrected chi connectivity index (χ4v) is 1.95. The molecule has 0 atom stereocenters. The standard InChI is InChI=1S/C7H12N2O2/c1-11-6(10)7-2-5(3-7)4-8-9-7/h5,8-9H,2-4H2,1H3. The van der Waals surface area contributed by atoms with Crippen LogP contribution in [0.4, 0.5) is 0 Å². The Hall–Kier alpha value is -0.610. The van der Waals surface area contributed by atoms with Crippen molar-refractivity contribution in [3.63, 3.8) is 0 Å². The molecular weight excluding hydrogens is 144 g/mol. The summed E-state index contributed by atoms with van der Waals surface area (Å²) < 4.78 is 4.69. The van der Waals surface area contributed by atoms with Crippen LogP contribution >= 0.6 is 0 Å². The van der Waals surface area contributed by atoms with Crippen LogP contribution in [0.5, 0.6) is 0 Å². The maximum atomic E-state index is 11.2. The van der Waals surface area contributed by atoms with Crippen molar-refractivity contribution < 1.29 is 9.53 Å². The fourth-order valence-electron chi connectivity index (χ4n) is 1.95. The summed E-state index contributed by atoms with van der Waals surface area (Å²) in [6, 6.07) is 0. The number of hydrazine groups is 1. The molecule has 0 amide bonds. The Labute approximate surface area is 65.3 Å². The predicted molar refractivity (Wildman–Crippen MR) is 38.6 cm³/mol. The summed E-state index contributed by atoms with van der Waals surface area (Å²) in [5.41, 5.74) is 5.59. The highest BCUT2D eigenvalue weighted by atomic mass is 16.5. The molecule has 4 heteroatoms. The third kappa shape index (κ3) is 0.862. The number of hydrogen-bond donors (Lipinski definition) is 2. The SMILES string of the molecule is COC(=O)C12CC(CNN1)C2. The Balaban J connectivity index is 2.06. The second-order valence-electron chi connectivity index (χ2n) is 3.35. The van der Waals surface area contributed by atoms with Crippen LogP contribution in [0.15, 0.2) is 0 Å². The first-order chi connectivity index (χ1) is 5.27. The molecule has 0 aromatic heterocycles. The van der Waals surface area contributed by atoms with Crippen molar-refractivity contribution in [3.8, 4) is 0 Å². The third-order valence-electron chi connectivity index (χ3n) is 2.57. The van der Waals surface area contributed by atoms with Crippen molar-refractivity contribution >= 4 is 5.97 Å². The summed E-state index contributed by atoms with van der Waals surface area (Å²) in [5, 5.41) is 0. The van der Waals surface area contributed by atoms with E-state index in [4.69, 9.17) is 0 Å². The molecule has 0 radical (unpaired) electrons. The molecule has 3 rings (SSSR count). The summed E-state index contributed by atoms with van der Waals surface area (Å²) in [6.45, 7) is 0.971. The van der Waals surface area contributed by atoms with Gasteiger partial charge in [0.15, 0.2) is 0 Å². The largest absolute Gasteiger partial charge is 0.468 e. The first-order valence-electron chi connectivity index (χ1n) is 3.85. The monoisotopic (exact) mass is 156 g/mol. The first kappa shape index (κ1) is 7.06. The van der Waals surface area contributed by atoms with E-state index in [1.54, 1.807) is 0 Å². The van der Waals surface area contributed by atoms with Crippen molar-refractivity contribution in [3.05, 3.63) is 0 Å². The van der Waals surface area contributed by atoms with Crippen molar-refractivity contribution in [2.75, 3.05) is 13.7 Å². The maximum absolute atomic E-state index is 11.2. The van der Waals surface area contributed by atoms with Crippen LogP contribution in [-0.2, 0) is 9.53 Å². The van der Waals surface area contributed by atoms with E-state index in [0.29, 0.717) is 5.92 Å². The third-order valence-corrected chi connectivity index (χ3v) is 2.57. The molecule has 0 spiro atoms. The summed E-state index contributed by atoms with van der Waals surface area (Å²) >= 11 is 0. The minimum Gasteiger partial charge on any atom is -0.468 e. The Morgan fingerprint density at radius 1 is 1.64 bits per heavy atom. The summed E-state index contributed by atoms with van der Waals surface area (Å²) in [5.74, 6) is 0.524. The van der Waals surface area contributed by atoms with E-state index in [9.17, 15) is 4.79 Å². The van der Waals surface area contributed by atoms with Gasteiger partial charge in [0.05, 0.1) is 7.11 Å². The summed E-state index contributed by atoms with van der Waals surface area (Å²) in [4.78, 5) is 11.2. The fraction of sp³-hybridized carbons (Fsp3) is 0.857. The van der Waals surface area contributed by atoms with Crippen LogP contribution in [0.1, 0.15) is 12.8 Å². The molecule has 0 unspecified atom stereocenters. The Kier molecular flexibility index (Phi) is 1.40. The van der Waals surface area contributed by atoms with Gasteiger partial charge in [0.2, 0.25) is 0 Å². The molecule has 2 heterocycles. The highest BCUT2D eigenvalue weighted by Crippen LogP contribution is 2.40. The van der Waals surface area contributed by atoms with Crippen molar-refractivity contribution in [2.24, 2.45) is 5.92 Å². The van der Waals surface area contributed by atoms with Crippen LogP contribution in [0.3, 0.4) is 0 Å². The van der Waals surface area contributed by atoms with E-state index >= 15 is 0 Å². The molecule has 2 bridgehead atoms. The number of nitrogens with one attached hydrogen (secondary N) is 2. The lowest BCUT2D eigenvalue weighted by atomic mass is 9.67. The minimum atomic E-state index is -0.391. The summed E-state index contributed by atoms with van der Waals surface area (Å²) in [6.07, 6.45) is 1.85. The highest BCUT2D eigenvalue weighted by molar-refractivity contribution is 5.82. The van der Waals surface area contributed by atoms with Crippen LogP contribution in [0.25, 0.3) is 0 Å². The number of hydrogen-bond acceptors (Lipinski definition) is 4. The van der Waals surface area contributed by atoms with Gasteiger partial charge in [0, 0.05) is 6.54 Å². The molecule has 11 heavy (non-hydrogen) atoms. The summed E-state index contributed by atoms with van der Waals surface area (Å²) in [7, 11) is 1.43. The molecule has 3 fully saturated rings. The van der Waals surface area contributed by atoms with Gasteiger partial charge in [-0.25, -0.2) is 5.43 Å². The van der Waals surface area contributed by atoms with Gasteiger partial charge in [-0.05, 0) is 18.8 Å². The number of methoxy groups -OCH3 is 1. The van der Waals surface area contributed by atoms with E-state index < -0.39 is 5.54 Å². The number of esters is 1. The van der Waals surface area contributed by atoms with E-state index in [1.165, 1.54) is 7.11 Å².